The van der Waals surface area contributed by atoms with Crippen molar-refractivity contribution in [3.63, 3.8) is 0 Å². The van der Waals surface area contributed by atoms with E-state index in [0.29, 0.717) is 0 Å². The Labute approximate surface area is 78.1 Å². The van der Waals surface area contributed by atoms with E-state index in [1.165, 1.54) is 0 Å². The number of aliphatic hydroxyl groups excluding tert-OH is 1. The SMILES string of the molecule is Br.CCN1C=CN(C)C1CO. The lowest BCUT2D eigenvalue weighted by Crippen LogP contribution is -2.39. The van der Waals surface area contributed by atoms with Crippen LogP contribution < -0.4 is 0 Å². The zero-order valence-corrected chi connectivity index (χ0v) is 8.61. The van der Waals surface area contributed by atoms with Crippen molar-refractivity contribution in [1.82, 2.24) is 9.80 Å². The molecule has 0 aliphatic carbocycles. The number of hydrogen-bond donors (Lipinski definition) is 1. The molecule has 0 bridgehead atoms. The molecule has 1 rings (SSSR count). The number of aliphatic hydroxyl groups is 1. The largest absolute Gasteiger partial charge is 0.392 e. The minimum atomic E-state index is 0. The van der Waals surface area contributed by atoms with Gasteiger partial charge in [-0.2, -0.15) is 0 Å². The lowest BCUT2D eigenvalue weighted by Gasteiger charge is -2.27. The van der Waals surface area contributed by atoms with E-state index >= 15 is 0 Å². The van der Waals surface area contributed by atoms with Crippen LogP contribution in [0.15, 0.2) is 12.4 Å². The third kappa shape index (κ3) is 2.10. The lowest BCUT2D eigenvalue weighted by atomic mass is 10.4. The Bertz CT molecular complexity index is 140. The Kier molecular flexibility index (Phi) is 4.52. The summed E-state index contributed by atoms with van der Waals surface area (Å²) >= 11 is 0. The number of nitrogens with zero attached hydrogens (tertiary/aromatic N) is 2. The van der Waals surface area contributed by atoms with Crippen LogP contribution in [0.3, 0.4) is 0 Å². The molecule has 0 aromatic carbocycles. The summed E-state index contributed by atoms with van der Waals surface area (Å²) in [6, 6.07) is 0. The molecule has 1 N–H and O–H groups in total. The Morgan fingerprint density at radius 2 is 2.09 bits per heavy atom. The van der Waals surface area contributed by atoms with Crippen LogP contribution in [-0.2, 0) is 0 Å². The molecule has 0 spiro atoms. The van der Waals surface area contributed by atoms with E-state index in [0.717, 1.165) is 6.54 Å². The first kappa shape index (κ1) is 10.8. The van der Waals surface area contributed by atoms with Gasteiger partial charge >= 0.3 is 0 Å². The molecule has 0 saturated carbocycles. The monoisotopic (exact) mass is 222 g/mol. The summed E-state index contributed by atoms with van der Waals surface area (Å²) in [5.74, 6) is 0. The summed E-state index contributed by atoms with van der Waals surface area (Å²) < 4.78 is 0. The summed E-state index contributed by atoms with van der Waals surface area (Å²) in [6.07, 6.45) is 4.13. The van der Waals surface area contributed by atoms with E-state index in [-0.39, 0.29) is 29.8 Å². The van der Waals surface area contributed by atoms with Crippen LogP contribution in [0.4, 0.5) is 0 Å². The van der Waals surface area contributed by atoms with Crippen LogP contribution in [0.1, 0.15) is 6.92 Å². The molecule has 0 fully saturated rings. The van der Waals surface area contributed by atoms with Crippen LogP contribution in [0.25, 0.3) is 0 Å². The molecule has 66 valence electrons. The molecule has 0 aromatic rings. The van der Waals surface area contributed by atoms with Crippen LogP contribution in [0.2, 0.25) is 0 Å². The number of halogens is 1. The van der Waals surface area contributed by atoms with Crippen LogP contribution in [0, 0.1) is 0 Å². The van der Waals surface area contributed by atoms with Crippen LogP contribution >= 0.6 is 17.0 Å². The number of likely N-dealkylation sites (N-methyl/N-ethyl adjacent to an activating group) is 2. The van der Waals surface area contributed by atoms with Crippen molar-refractivity contribution in [2.45, 2.75) is 13.1 Å². The molecular formula is C7H15BrN2O. The third-order valence-corrected chi connectivity index (χ3v) is 1.87. The molecule has 1 aliphatic rings. The highest BCUT2D eigenvalue weighted by molar-refractivity contribution is 8.93. The average molecular weight is 223 g/mol. The van der Waals surface area contributed by atoms with E-state index in [9.17, 15) is 0 Å². The highest BCUT2D eigenvalue weighted by atomic mass is 79.9. The van der Waals surface area contributed by atoms with Gasteiger partial charge in [0.15, 0.2) is 0 Å². The standard InChI is InChI=1S/C7H14N2O.BrH/c1-3-9-5-4-8(2)7(9)6-10;/h4-5,7,10H,3,6H2,1-2H3;1H. The third-order valence-electron chi connectivity index (χ3n) is 1.87. The maximum absolute atomic E-state index is 8.91. The predicted octanol–water partition coefficient (Wildman–Crippen LogP) is 0.621. The van der Waals surface area contributed by atoms with Crippen molar-refractivity contribution in [3.8, 4) is 0 Å². The quantitative estimate of drug-likeness (QED) is 0.743. The lowest BCUT2D eigenvalue weighted by molar-refractivity contribution is 0.100. The normalized spacial score (nSPS) is 22.3. The Morgan fingerprint density at radius 1 is 1.45 bits per heavy atom. The van der Waals surface area contributed by atoms with E-state index < -0.39 is 0 Å². The molecule has 1 atom stereocenters. The Morgan fingerprint density at radius 3 is 2.45 bits per heavy atom. The maximum atomic E-state index is 8.91. The second-order valence-corrected chi connectivity index (χ2v) is 2.46. The number of rotatable bonds is 2. The molecule has 0 radical (unpaired) electrons. The first-order valence-corrected chi connectivity index (χ1v) is 3.56. The molecular weight excluding hydrogens is 208 g/mol. The van der Waals surface area contributed by atoms with Crippen molar-refractivity contribution >= 4 is 17.0 Å². The van der Waals surface area contributed by atoms with E-state index in [4.69, 9.17) is 5.11 Å². The molecule has 0 aromatic heterocycles. The van der Waals surface area contributed by atoms with Gasteiger partial charge in [-0.15, -0.1) is 17.0 Å². The highest BCUT2D eigenvalue weighted by Gasteiger charge is 2.20. The van der Waals surface area contributed by atoms with Gasteiger partial charge in [0.25, 0.3) is 0 Å². The Hall–Kier alpha value is -0.220. The zero-order valence-electron chi connectivity index (χ0n) is 6.90. The van der Waals surface area contributed by atoms with E-state index in [1.807, 2.05) is 24.3 Å². The summed E-state index contributed by atoms with van der Waals surface area (Å²) in [5, 5.41) is 8.91. The van der Waals surface area contributed by atoms with Gasteiger partial charge < -0.3 is 14.9 Å². The summed E-state index contributed by atoms with van der Waals surface area (Å²) in [7, 11) is 1.97. The zero-order chi connectivity index (χ0) is 7.56. The van der Waals surface area contributed by atoms with Crippen molar-refractivity contribution < 1.29 is 5.11 Å². The summed E-state index contributed by atoms with van der Waals surface area (Å²) in [5.41, 5.74) is 0. The fraction of sp³-hybridized carbons (Fsp3) is 0.714. The van der Waals surface area contributed by atoms with Gasteiger partial charge in [0.2, 0.25) is 0 Å². The molecule has 3 nitrogen and oxygen atoms in total. The second kappa shape index (κ2) is 4.62. The molecule has 0 saturated heterocycles. The van der Waals surface area contributed by atoms with Crippen molar-refractivity contribution in [3.05, 3.63) is 12.4 Å². The minimum absolute atomic E-state index is 0. The van der Waals surface area contributed by atoms with Crippen molar-refractivity contribution in [2.24, 2.45) is 0 Å². The summed E-state index contributed by atoms with van der Waals surface area (Å²) in [6.45, 7) is 3.22. The van der Waals surface area contributed by atoms with Crippen LogP contribution in [0.5, 0.6) is 0 Å². The van der Waals surface area contributed by atoms with E-state index in [2.05, 4.69) is 11.8 Å². The molecule has 1 unspecified atom stereocenters. The second-order valence-electron chi connectivity index (χ2n) is 2.46. The highest BCUT2D eigenvalue weighted by Crippen LogP contribution is 2.11. The number of hydrogen-bond acceptors (Lipinski definition) is 3. The predicted molar refractivity (Wildman–Crippen MR) is 50.5 cm³/mol. The molecule has 0 amide bonds. The smallest absolute Gasteiger partial charge is 0.124 e. The van der Waals surface area contributed by atoms with Crippen molar-refractivity contribution in [2.75, 3.05) is 20.2 Å². The van der Waals surface area contributed by atoms with Gasteiger partial charge in [0.05, 0.1) is 6.61 Å². The van der Waals surface area contributed by atoms with Gasteiger partial charge in [-0.25, -0.2) is 0 Å². The molecule has 1 heterocycles. The fourth-order valence-electron chi connectivity index (χ4n) is 1.17. The van der Waals surface area contributed by atoms with Gasteiger partial charge in [-0.1, -0.05) is 0 Å². The van der Waals surface area contributed by atoms with Gasteiger partial charge in [0, 0.05) is 26.0 Å². The van der Waals surface area contributed by atoms with Crippen molar-refractivity contribution in [1.29, 1.82) is 0 Å². The average Bonchev–Trinajstić information content (AvgIpc) is 2.30. The first-order chi connectivity index (χ1) is 4.79. The maximum Gasteiger partial charge on any atom is 0.124 e. The topological polar surface area (TPSA) is 26.7 Å². The van der Waals surface area contributed by atoms with Gasteiger partial charge in [-0.3, -0.25) is 0 Å². The fourth-order valence-corrected chi connectivity index (χ4v) is 1.17. The molecule has 1 aliphatic heterocycles. The minimum Gasteiger partial charge on any atom is -0.392 e. The Balaban J connectivity index is 0.000001000. The van der Waals surface area contributed by atoms with E-state index in [1.54, 1.807) is 0 Å². The summed E-state index contributed by atoms with van der Waals surface area (Å²) in [4.78, 5) is 4.10. The van der Waals surface area contributed by atoms with Gasteiger partial charge in [0.1, 0.15) is 6.17 Å². The molecule has 11 heavy (non-hydrogen) atoms. The molecule has 4 heteroatoms. The first-order valence-electron chi connectivity index (χ1n) is 3.56. The van der Waals surface area contributed by atoms with Gasteiger partial charge in [-0.05, 0) is 6.92 Å². The van der Waals surface area contributed by atoms with Crippen LogP contribution in [-0.4, -0.2) is 41.3 Å².